The molecule has 0 atom stereocenters. The lowest BCUT2D eigenvalue weighted by Crippen LogP contribution is -2.24. The zero-order valence-corrected chi connectivity index (χ0v) is 9.32. The summed E-state index contributed by atoms with van der Waals surface area (Å²) in [5, 5.41) is 6.35. The second-order valence-corrected chi connectivity index (χ2v) is 5.37. The summed E-state index contributed by atoms with van der Waals surface area (Å²) in [6.07, 6.45) is 3.37. The van der Waals surface area contributed by atoms with E-state index in [-0.39, 0.29) is 5.91 Å². The molecule has 0 unspecified atom stereocenters. The fourth-order valence-electron chi connectivity index (χ4n) is 1.85. The topological polar surface area (TPSA) is 41.1 Å². The van der Waals surface area contributed by atoms with E-state index in [4.69, 9.17) is 0 Å². The van der Waals surface area contributed by atoms with E-state index in [1.165, 1.54) is 10.4 Å². The van der Waals surface area contributed by atoms with Gasteiger partial charge in [-0.05, 0) is 30.9 Å². The second-order valence-electron chi connectivity index (χ2n) is 4.23. The molecule has 1 aromatic heterocycles. The molecule has 3 nitrogen and oxygen atoms in total. The molecule has 2 aliphatic rings. The molecule has 1 aliphatic carbocycles. The van der Waals surface area contributed by atoms with E-state index in [1.807, 2.05) is 6.07 Å². The van der Waals surface area contributed by atoms with Crippen LogP contribution in [-0.4, -0.2) is 18.5 Å². The number of nitrogens with one attached hydrogen (secondary N) is 2. The predicted octanol–water partition coefficient (Wildman–Crippen LogP) is 1.29. The Morgan fingerprint density at radius 1 is 1.53 bits per heavy atom. The third kappa shape index (κ3) is 1.92. The highest BCUT2D eigenvalue weighted by Crippen LogP contribution is 2.26. The molecule has 0 spiro atoms. The summed E-state index contributed by atoms with van der Waals surface area (Å²) in [5.74, 6) is 0.122. The molecular weight excluding hydrogens is 208 g/mol. The molecule has 0 aromatic carbocycles. The maximum absolute atomic E-state index is 11.8. The Hall–Kier alpha value is -0.870. The molecular formula is C11H14N2OS. The summed E-state index contributed by atoms with van der Waals surface area (Å²) in [6, 6.07) is 2.50. The lowest BCUT2D eigenvalue weighted by atomic mass is 10.1. The zero-order valence-electron chi connectivity index (χ0n) is 8.51. The lowest BCUT2D eigenvalue weighted by Gasteiger charge is -2.10. The summed E-state index contributed by atoms with van der Waals surface area (Å²) in [7, 11) is 0. The summed E-state index contributed by atoms with van der Waals surface area (Å²) < 4.78 is 0. The van der Waals surface area contributed by atoms with Crippen molar-refractivity contribution in [2.24, 2.45) is 0 Å². The molecule has 4 heteroatoms. The number of hydrogen-bond donors (Lipinski definition) is 2. The van der Waals surface area contributed by atoms with Gasteiger partial charge in [-0.2, -0.15) is 0 Å². The fraction of sp³-hybridized carbons (Fsp3) is 0.545. The minimum atomic E-state index is 0.122. The summed E-state index contributed by atoms with van der Waals surface area (Å²) in [6.45, 7) is 1.96. The Labute approximate surface area is 92.9 Å². The number of carbonyl (C=O) groups excluding carboxylic acids is 1. The maximum atomic E-state index is 11.8. The first-order valence-corrected chi connectivity index (χ1v) is 6.28. The van der Waals surface area contributed by atoms with Crippen LogP contribution in [-0.2, 0) is 13.0 Å². The molecule has 2 heterocycles. The van der Waals surface area contributed by atoms with E-state index in [0.717, 1.165) is 37.2 Å². The van der Waals surface area contributed by atoms with Crippen molar-refractivity contribution < 1.29 is 4.79 Å². The van der Waals surface area contributed by atoms with Crippen molar-refractivity contribution in [3.05, 3.63) is 21.4 Å². The molecule has 0 radical (unpaired) electrons. The average Bonchev–Trinajstić information content (AvgIpc) is 2.95. The summed E-state index contributed by atoms with van der Waals surface area (Å²) in [4.78, 5) is 14.1. The highest BCUT2D eigenvalue weighted by atomic mass is 32.1. The van der Waals surface area contributed by atoms with Crippen LogP contribution < -0.4 is 10.6 Å². The van der Waals surface area contributed by atoms with Gasteiger partial charge in [0.25, 0.3) is 5.91 Å². The van der Waals surface area contributed by atoms with E-state index >= 15 is 0 Å². The van der Waals surface area contributed by atoms with Gasteiger partial charge in [0.1, 0.15) is 0 Å². The highest BCUT2D eigenvalue weighted by Gasteiger charge is 2.25. The number of thiophene rings is 1. The van der Waals surface area contributed by atoms with Gasteiger partial charge in [-0.3, -0.25) is 4.79 Å². The predicted molar refractivity (Wildman–Crippen MR) is 60.2 cm³/mol. The van der Waals surface area contributed by atoms with E-state index in [0.29, 0.717) is 6.04 Å². The van der Waals surface area contributed by atoms with Gasteiger partial charge in [-0.1, -0.05) is 0 Å². The smallest absolute Gasteiger partial charge is 0.261 e. The van der Waals surface area contributed by atoms with Gasteiger partial charge in [0, 0.05) is 24.0 Å². The number of fused-ring (bicyclic) bond motifs is 1. The Morgan fingerprint density at radius 3 is 3.13 bits per heavy atom. The molecule has 15 heavy (non-hydrogen) atoms. The van der Waals surface area contributed by atoms with E-state index in [9.17, 15) is 4.79 Å². The fourth-order valence-corrected chi connectivity index (χ4v) is 2.93. The first-order valence-electron chi connectivity index (χ1n) is 5.46. The molecule has 1 saturated carbocycles. The van der Waals surface area contributed by atoms with Crippen molar-refractivity contribution in [2.75, 3.05) is 6.54 Å². The molecule has 1 aliphatic heterocycles. The molecule has 0 bridgehead atoms. The summed E-state index contributed by atoms with van der Waals surface area (Å²) in [5.41, 5.74) is 1.31. The van der Waals surface area contributed by atoms with Crippen molar-refractivity contribution in [2.45, 2.75) is 31.8 Å². The molecule has 80 valence electrons. The van der Waals surface area contributed by atoms with Crippen LogP contribution in [0.4, 0.5) is 0 Å². The molecule has 1 fully saturated rings. The van der Waals surface area contributed by atoms with Crippen LogP contribution in [0, 0.1) is 0 Å². The number of rotatable bonds is 2. The van der Waals surface area contributed by atoms with Gasteiger partial charge in [0.05, 0.1) is 4.88 Å². The number of carbonyl (C=O) groups is 1. The van der Waals surface area contributed by atoms with Crippen LogP contribution >= 0.6 is 11.3 Å². The van der Waals surface area contributed by atoms with Crippen LogP contribution in [0.5, 0.6) is 0 Å². The van der Waals surface area contributed by atoms with Gasteiger partial charge in [0.2, 0.25) is 0 Å². The minimum absolute atomic E-state index is 0.122. The monoisotopic (exact) mass is 222 g/mol. The molecule has 1 aromatic rings. The zero-order chi connectivity index (χ0) is 10.3. The Bertz CT molecular complexity index is 372. The average molecular weight is 222 g/mol. The third-order valence-corrected chi connectivity index (χ3v) is 4.11. The molecule has 2 N–H and O–H groups in total. The summed E-state index contributed by atoms with van der Waals surface area (Å²) >= 11 is 1.66. The van der Waals surface area contributed by atoms with Crippen molar-refractivity contribution in [3.63, 3.8) is 0 Å². The van der Waals surface area contributed by atoms with Gasteiger partial charge in [0.15, 0.2) is 0 Å². The van der Waals surface area contributed by atoms with Crippen LogP contribution in [0.15, 0.2) is 6.07 Å². The second kappa shape index (κ2) is 3.61. The van der Waals surface area contributed by atoms with Gasteiger partial charge < -0.3 is 10.6 Å². The first-order chi connectivity index (χ1) is 7.33. The number of hydrogen-bond acceptors (Lipinski definition) is 3. The van der Waals surface area contributed by atoms with Gasteiger partial charge >= 0.3 is 0 Å². The Balaban J connectivity index is 1.78. The van der Waals surface area contributed by atoms with Crippen LogP contribution in [0.2, 0.25) is 0 Å². The van der Waals surface area contributed by atoms with Crippen LogP contribution in [0.25, 0.3) is 0 Å². The standard InChI is InChI=1S/C11H14N2OS/c14-11(13-8-1-2-8)10-5-7-6-12-4-3-9(7)15-10/h5,8,12H,1-4,6H2,(H,13,14). The largest absolute Gasteiger partial charge is 0.349 e. The third-order valence-electron chi connectivity index (χ3n) is 2.88. The Morgan fingerprint density at radius 2 is 2.40 bits per heavy atom. The first kappa shape index (κ1) is 9.36. The van der Waals surface area contributed by atoms with Crippen molar-refractivity contribution in [1.29, 1.82) is 0 Å². The van der Waals surface area contributed by atoms with Gasteiger partial charge in [-0.15, -0.1) is 11.3 Å². The maximum Gasteiger partial charge on any atom is 0.261 e. The molecule has 0 saturated heterocycles. The lowest BCUT2D eigenvalue weighted by molar-refractivity contribution is 0.0955. The van der Waals surface area contributed by atoms with Crippen LogP contribution in [0.1, 0.15) is 33.0 Å². The van der Waals surface area contributed by atoms with Crippen molar-refractivity contribution >= 4 is 17.2 Å². The minimum Gasteiger partial charge on any atom is -0.349 e. The van der Waals surface area contributed by atoms with E-state index < -0.39 is 0 Å². The quantitative estimate of drug-likeness (QED) is 0.791. The Kier molecular flexibility index (Phi) is 2.25. The SMILES string of the molecule is O=C(NC1CC1)c1cc2c(s1)CCNC2. The normalized spacial score (nSPS) is 19.7. The molecule has 1 amide bonds. The van der Waals surface area contributed by atoms with Gasteiger partial charge in [-0.25, -0.2) is 0 Å². The van der Waals surface area contributed by atoms with Crippen molar-refractivity contribution in [1.82, 2.24) is 10.6 Å². The highest BCUT2D eigenvalue weighted by molar-refractivity contribution is 7.14. The van der Waals surface area contributed by atoms with Crippen molar-refractivity contribution in [3.8, 4) is 0 Å². The van der Waals surface area contributed by atoms with E-state index in [1.54, 1.807) is 11.3 Å². The van der Waals surface area contributed by atoms with E-state index in [2.05, 4.69) is 10.6 Å². The van der Waals surface area contributed by atoms with Crippen LogP contribution in [0.3, 0.4) is 0 Å². The number of amides is 1. The molecule has 3 rings (SSSR count).